The van der Waals surface area contributed by atoms with Gasteiger partial charge in [0.15, 0.2) is 11.5 Å². The van der Waals surface area contributed by atoms with E-state index in [9.17, 15) is 0 Å². The third kappa shape index (κ3) is 5.16. The summed E-state index contributed by atoms with van der Waals surface area (Å²) in [5.41, 5.74) is 2.21. The Morgan fingerprint density at radius 2 is 1.83 bits per heavy atom. The summed E-state index contributed by atoms with van der Waals surface area (Å²) in [4.78, 5) is 11.1. The molecule has 1 aromatic heterocycles. The van der Waals surface area contributed by atoms with Gasteiger partial charge in [-0.3, -0.25) is 0 Å². The van der Waals surface area contributed by atoms with Gasteiger partial charge >= 0.3 is 0 Å². The number of aromatic nitrogens is 2. The molecule has 0 saturated heterocycles. The maximum absolute atomic E-state index is 8.95. The van der Waals surface area contributed by atoms with E-state index in [1.165, 1.54) is 6.33 Å². The van der Waals surface area contributed by atoms with Gasteiger partial charge in [-0.1, -0.05) is 13.8 Å². The van der Waals surface area contributed by atoms with E-state index >= 15 is 0 Å². The van der Waals surface area contributed by atoms with Gasteiger partial charge in [0.05, 0.1) is 30.9 Å². The van der Waals surface area contributed by atoms with Crippen molar-refractivity contribution in [1.82, 2.24) is 14.9 Å². The number of nitrogens with one attached hydrogen (secondary N) is 1. The molecule has 0 amide bonds. The van der Waals surface area contributed by atoms with E-state index in [1.54, 1.807) is 19.2 Å². The second-order valence-electron chi connectivity index (χ2n) is 6.79. The minimum Gasteiger partial charge on any atom is -0.493 e. The Bertz CT molecular complexity index is 1010. The minimum atomic E-state index is 0.609. The van der Waals surface area contributed by atoms with Gasteiger partial charge in [0.2, 0.25) is 0 Å². The van der Waals surface area contributed by atoms with Crippen LogP contribution in [0, 0.1) is 11.3 Å². The Morgan fingerprint density at radius 1 is 1.07 bits per heavy atom. The zero-order valence-corrected chi connectivity index (χ0v) is 17.7. The van der Waals surface area contributed by atoms with Crippen molar-refractivity contribution in [3.63, 3.8) is 0 Å². The van der Waals surface area contributed by atoms with Crippen LogP contribution in [0.2, 0.25) is 0 Å². The molecule has 156 valence electrons. The maximum Gasteiger partial charge on any atom is 0.163 e. The van der Waals surface area contributed by atoms with Crippen molar-refractivity contribution < 1.29 is 9.47 Å². The van der Waals surface area contributed by atoms with Gasteiger partial charge in [-0.25, -0.2) is 9.97 Å². The van der Waals surface area contributed by atoms with Crippen LogP contribution in [-0.4, -0.2) is 48.2 Å². The zero-order valence-electron chi connectivity index (χ0n) is 17.7. The highest BCUT2D eigenvalue weighted by Crippen LogP contribution is 2.34. The molecule has 3 rings (SSSR count). The molecule has 0 aliphatic carbocycles. The summed E-state index contributed by atoms with van der Waals surface area (Å²) in [7, 11) is 1.63. The van der Waals surface area contributed by atoms with Crippen LogP contribution in [0.5, 0.6) is 11.5 Å². The molecule has 0 atom stereocenters. The first-order valence-corrected chi connectivity index (χ1v) is 10.1. The van der Waals surface area contributed by atoms with E-state index in [0.29, 0.717) is 29.5 Å². The number of benzene rings is 2. The van der Waals surface area contributed by atoms with Crippen molar-refractivity contribution in [2.24, 2.45) is 0 Å². The number of hydrogen-bond acceptors (Lipinski definition) is 7. The van der Waals surface area contributed by atoms with Crippen molar-refractivity contribution in [3.05, 3.63) is 48.3 Å². The molecule has 0 aliphatic rings. The molecule has 30 heavy (non-hydrogen) atoms. The lowest BCUT2D eigenvalue weighted by atomic mass is 10.2. The largest absolute Gasteiger partial charge is 0.493 e. The Hall–Kier alpha value is -3.37. The fourth-order valence-corrected chi connectivity index (χ4v) is 3.21. The molecule has 0 bridgehead atoms. The second-order valence-corrected chi connectivity index (χ2v) is 6.79. The number of ether oxygens (including phenoxy) is 2. The van der Waals surface area contributed by atoms with Crippen LogP contribution in [0.1, 0.15) is 25.8 Å². The number of hydrogen-bond donors (Lipinski definition) is 1. The van der Waals surface area contributed by atoms with Gasteiger partial charge in [0, 0.05) is 23.7 Å². The number of anilines is 2. The molecule has 1 heterocycles. The Morgan fingerprint density at radius 3 is 2.50 bits per heavy atom. The third-order valence-corrected chi connectivity index (χ3v) is 4.97. The van der Waals surface area contributed by atoms with Gasteiger partial charge in [-0.05, 0) is 49.8 Å². The van der Waals surface area contributed by atoms with Crippen LogP contribution in [0.3, 0.4) is 0 Å². The molecular weight excluding hydrogens is 378 g/mol. The first-order valence-electron chi connectivity index (χ1n) is 10.1. The SMILES string of the molecule is CCN(CC)CCCOc1cc2ncnc(Nc3ccc(C#N)cc3)c2cc1OC. The Balaban J connectivity index is 1.78. The summed E-state index contributed by atoms with van der Waals surface area (Å²) in [6, 6.07) is 13.1. The van der Waals surface area contributed by atoms with Gasteiger partial charge < -0.3 is 19.7 Å². The summed E-state index contributed by atoms with van der Waals surface area (Å²) >= 11 is 0. The van der Waals surface area contributed by atoms with Gasteiger partial charge in [-0.15, -0.1) is 0 Å². The van der Waals surface area contributed by atoms with Crippen LogP contribution < -0.4 is 14.8 Å². The quantitative estimate of drug-likeness (QED) is 0.502. The summed E-state index contributed by atoms with van der Waals surface area (Å²) in [5.74, 6) is 1.98. The van der Waals surface area contributed by atoms with Crippen molar-refractivity contribution in [3.8, 4) is 17.6 Å². The van der Waals surface area contributed by atoms with Crippen LogP contribution in [0.15, 0.2) is 42.7 Å². The lowest BCUT2D eigenvalue weighted by Crippen LogP contribution is -2.25. The molecule has 2 aromatic carbocycles. The molecule has 0 saturated carbocycles. The maximum atomic E-state index is 8.95. The van der Waals surface area contributed by atoms with Crippen LogP contribution in [0.4, 0.5) is 11.5 Å². The smallest absolute Gasteiger partial charge is 0.163 e. The molecule has 3 aromatic rings. The fraction of sp³-hybridized carbons (Fsp3) is 0.348. The predicted octanol–water partition coefficient (Wildman–Crippen LogP) is 4.36. The molecule has 0 radical (unpaired) electrons. The number of methoxy groups -OCH3 is 1. The number of rotatable bonds is 10. The second kappa shape index (κ2) is 10.4. The van der Waals surface area contributed by atoms with Gasteiger partial charge in [0.25, 0.3) is 0 Å². The van der Waals surface area contributed by atoms with Crippen LogP contribution >= 0.6 is 0 Å². The highest BCUT2D eigenvalue weighted by Gasteiger charge is 2.12. The third-order valence-electron chi connectivity index (χ3n) is 4.97. The average Bonchev–Trinajstić information content (AvgIpc) is 2.79. The van der Waals surface area contributed by atoms with Crippen molar-refractivity contribution >= 4 is 22.4 Å². The fourth-order valence-electron chi connectivity index (χ4n) is 3.21. The first-order chi connectivity index (χ1) is 14.7. The molecule has 7 heteroatoms. The summed E-state index contributed by atoms with van der Waals surface area (Å²) in [6.07, 6.45) is 2.46. The van der Waals surface area contributed by atoms with Crippen molar-refractivity contribution in [2.45, 2.75) is 20.3 Å². The highest BCUT2D eigenvalue weighted by atomic mass is 16.5. The molecule has 1 N–H and O–H groups in total. The first kappa shape index (κ1) is 21.3. The van der Waals surface area contributed by atoms with Crippen molar-refractivity contribution in [1.29, 1.82) is 5.26 Å². The monoisotopic (exact) mass is 405 g/mol. The van der Waals surface area contributed by atoms with E-state index in [2.05, 4.69) is 40.1 Å². The van der Waals surface area contributed by atoms with E-state index in [1.807, 2.05) is 24.3 Å². The normalized spacial score (nSPS) is 10.8. The Labute approximate surface area is 177 Å². The van der Waals surface area contributed by atoms with Crippen LogP contribution in [-0.2, 0) is 0 Å². The highest BCUT2D eigenvalue weighted by molar-refractivity contribution is 5.93. The van der Waals surface area contributed by atoms with Gasteiger partial charge in [0.1, 0.15) is 12.1 Å². The zero-order chi connectivity index (χ0) is 21.3. The summed E-state index contributed by atoms with van der Waals surface area (Å²) < 4.78 is 11.6. The number of nitrogens with zero attached hydrogens (tertiary/aromatic N) is 4. The van der Waals surface area contributed by atoms with E-state index in [0.717, 1.165) is 42.6 Å². The van der Waals surface area contributed by atoms with Gasteiger partial charge in [-0.2, -0.15) is 5.26 Å². The molecule has 0 fully saturated rings. The average molecular weight is 406 g/mol. The van der Waals surface area contributed by atoms with E-state index in [-0.39, 0.29) is 0 Å². The Kier molecular flexibility index (Phi) is 7.41. The molecule has 0 spiro atoms. The summed E-state index contributed by atoms with van der Waals surface area (Å²) in [6.45, 7) is 8.03. The molecular formula is C23H27N5O2. The molecule has 7 nitrogen and oxygen atoms in total. The summed E-state index contributed by atoms with van der Waals surface area (Å²) in [5, 5.41) is 13.1. The van der Waals surface area contributed by atoms with E-state index < -0.39 is 0 Å². The predicted molar refractivity (Wildman–Crippen MR) is 118 cm³/mol. The lowest BCUT2D eigenvalue weighted by Gasteiger charge is -2.18. The molecule has 0 unspecified atom stereocenters. The minimum absolute atomic E-state index is 0.609. The van der Waals surface area contributed by atoms with Crippen molar-refractivity contribution in [2.75, 3.05) is 38.7 Å². The van der Waals surface area contributed by atoms with E-state index in [4.69, 9.17) is 14.7 Å². The number of nitriles is 1. The standard InChI is InChI=1S/C23H27N5O2/c1-4-28(5-2)11-6-12-30-22-14-20-19(13-21(22)29-3)23(26-16-25-20)27-18-9-7-17(15-24)8-10-18/h7-10,13-14,16H,4-6,11-12H2,1-3H3,(H,25,26,27). The lowest BCUT2D eigenvalue weighted by molar-refractivity contribution is 0.243. The molecule has 0 aliphatic heterocycles. The topological polar surface area (TPSA) is 83.3 Å². The van der Waals surface area contributed by atoms with Crippen LogP contribution in [0.25, 0.3) is 10.9 Å². The number of fused-ring (bicyclic) bond motifs is 1.